The lowest BCUT2D eigenvalue weighted by Gasteiger charge is -2.22. The van der Waals surface area contributed by atoms with Crippen molar-refractivity contribution in [1.82, 2.24) is 19.5 Å². The third-order valence-electron chi connectivity index (χ3n) is 4.66. The quantitative estimate of drug-likeness (QED) is 0.500. The number of fused-ring (bicyclic) bond motifs is 1. The molecule has 1 aromatic carbocycles. The number of nitrogens with two attached hydrogens (primary N) is 1. The predicted octanol–water partition coefficient (Wildman–Crippen LogP) is 1.96. The number of carbonyl (C=O) groups excluding carboxylic acids is 1. The summed E-state index contributed by atoms with van der Waals surface area (Å²) >= 11 is 5.93. The van der Waals surface area contributed by atoms with Gasteiger partial charge in [0.05, 0.1) is 18.0 Å². The Hall–Kier alpha value is -2.75. The molecule has 4 atom stereocenters. The minimum absolute atomic E-state index is 0.0461. The number of rotatable bonds is 4. The zero-order chi connectivity index (χ0) is 19.8. The highest BCUT2D eigenvalue weighted by atomic mass is 35.5. The molecule has 0 spiro atoms. The van der Waals surface area contributed by atoms with Crippen molar-refractivity contribution in [3.8, 4) is 0 Å². The maximum Gasteiger partial charge on any atom is 0.338 e. The Morgan fingerprint density at radius 1 is 1.36 bits per heavy atom. The third kappa shape index (κ3) is 3.17. The fourth-order valence-electron chi connectivity index (χ4n) is 3.27. The maximum atomic E-state index is 12.5. The van der Waals surface area contributed by atoms with Crippen molar-refractivity contribution in [3.63, 3.8) is 0 Å². The van der Waals surface area contributed by atoms with Crippen LogP contribution in [0.5, 0.6) is 0 Å². The number of nitrogens with zero attached hydrogens (tertiary/aromatic N) is 4. The molecule has 0 aliphatic carbocycles. The van der Waals surface area contributed by atoms with Crippen molar-refractivity contribution in [2.75, 3.05) is 5.73 Å². The summed E-state index contributed by atoms with van der Waals surface area (Å²) in [6.45, 7) is 1.87. The lowest BCUT2D eigenvalue weighted by Crippen LogP contribution is -2.35. The molecule has 0 bridgehead atoms. The molecule has 28 heavy (non-hydrogen) atoms. The summed E-state index contributed by atoms with van der Waals surface area (Å²) in [4.78, 5) is 24.8. The molecule has 0 amide bonds. The van der Waals surface area contributed by atoms with Gasteiger partial charge >= 0.3 is 5.97 Å². The first-order valence-electron chi connectivity index (χ1n) is 8.74. The monoisotopic (exact) mass is 403 g/mol. The van der Waals surface area contributed by atoms with Crippen molar-refractivity contribution >= 4 is 34.6 Å². The van der Waals surface area contributed by atoms with E-state index in [0.717, 1.165) is 0 Å². The summed E-state index contributed by atoms with van der Waals surface area (Å²) in [7, 11) is 0. The standard InChI is InChI=1S/C18H18ClN5O4/c1-2-10-12(25)13(28-17(26)9-6-4-3-5-7-9)16(27-10)24-8-21-11-14(20)22-18(19)23-15(11)24/h3-8,10,12-13,16,25H,2H2,1H3,(H2,20,22,23)/t10-,12+,13?,16-/m1/s1. The van der Waals surface area contributed by atoms with Gasteiger partial charge < -0.3 is 20.3 Å². The van der Waals surface area contributed by atoms with E-state index in [4.69, 9.17) is 26.8 Å². The van der Waals surface area contributed by atoms with E-state index in [1.54, 1.807) is 34.9 Å². The van der Waals surface area contributed by atoms with Crippen LogP contribution in [0.4, 0.5) is 5.82 Å². The number of anilines is 1. The Labute approximate surface area is 165 Å². The highest BCUT2D eigenvalue weighted by Crippen LogP contribution is 2.35. The molecular formula is C18H18ClN5O4. The number of imidazole rings is 1. The fourth-order valence-corrected chi connectivity index (χ4v) is 3.44. The molecule has 1 saturated heterocycles. The zero-order valence-corrected chi connectivity index (χ0v) is 15.7. The number of carbonyl (C=O) groups is 1. The average Bonchev–Trinajstić information content (AvgIpc) is 3.24. The number of hydrogen-bond acceptors (Lipinski definition) is 8. The number of nitrogen functional groups attached to an aromatic ring is 1. The van der Waals surface area contributed by atoms with Crippen LogP contribution in [0.3, 0.4) is 0 Å². The van der Waals surface area contributed by atoms with Crippen molar-refractivity contribution in [3.05, 3.63) is 47.5 Å². The third-order valence-corrected chi connectivity index (χ3v) is 4.83. The maximum absolute atomic E-state index is 12.5. The highest BCUT2D eigenvalue weighted by molar-refractivity contribution is 6.28. The van der Waals surface area contributed by atoms with Gasteiger partial charge in [0, 0.05) is 0 Å². The fraction of sp³-hybridized carbons (Fsp3) is 0.333. The number of aromatic nitrogens is 4. The van der Waals surface area contributed by atoms with Crippen molar-refractivity contribution in [2.45, 2.75) is 37.9 Å². The van der Waals surface area contributed by atoms with Gasteiger partial charge in [0.15, 0.2) is 23.8 Å². The van der Waals surface area contributed by atoms with Crippen LogP contribution in [0.1, 0.15) is 29.9 Å². The van der Waals surface area contributed by atoms with Gasteiger partial charge in [-0.2, -0.15) is 9.97 Å². The molecule has 4 rings (SSSR count). The van der Waals surface area contributed by atoms with Crippen LogP contribution in [-0.4, -0.2) is 48.9 Å². The second-order valence-corrected chi connectivity index (χ2v) is 6.74. The molecule has 10 heteroatoms. The van der Waals surface area contributed by atoms with Gasteiger partial charge in [0.2, 0.25) is 5.28 Å². The van der Waals surface area contributed by atoms with Gasteiger partial charge in [-0.15, -0.1) is 0 Å². The number of benzene rings is 1. The van der Waals surface area contributed by atoms with E-state index in [2.05, 4.69) is 15.0 Å². The van der Waals surface area contributed by atoms with Gasteiger partial charge in [-0.05, 0) is 30.2 Å². The Kier molecular flexibility index (Phi) is 4.88. The van der Waals surface area contributed by atoms with Crippen LogP contribution in [0.25, 0.3) is 11.2 Å². The number of aliphatic hydroxyl groups is 1. The molecule has 0 radical (unpaired) electrons. The van der Waals surface area contributed by atoms with E-state index in [9.17, 15) is 9.90 Å². The molecule has 1 unspecified atom stereocenters. The van der Waals surface area contributed by atoms with E-state index >= 15 is 0 Å². The van der Waals surface area contributed by atoms with E-state index < -0.39 is 30.5 Å². The number of esters is 1. The second-order valence-electron chi connectivity index (χ2n) is 6.40. The van der Waals surface area contributed by atoms with Crippen LogP contribution in [0.2, 0.25) is 5.28 Å². The Balaban J connectivity index is 1.71. The Morgan fingerprint density at radius 2 is 2.11 bits per heavy atom. The van der Waals surface area contributed by atoms with E-state index in [0.29, 0.717) is 23.1 Å². The second kappa shape index (κ2) is 7.34. The number of aliphatic hydroxyl groups excluding tert-OH is 1. The van der Waals surface area contributed by atoms with Gasteiger partial charge in [-0.3, -0.25) is 4.57 Å². The van der Waals surface area contributed by atoms with E-state index in [1.165, 1.54) is 6.33 Å². The van der Waals surface area contributed by atoms with Crippen molar-refractivity contribution in [1.29, 1.82) is 0 Å². The zero-order valence-electron chi connectivity index (χ0n) is 14.9. The van der Waals surface area contributed by atoms with Crippen LogP contribution < -0.4 is 5.73 Å². The summed E-state index contributed by atoms with van der Waals surface area (Å²) in [5.41, 5.74) is 6.90. The minimum Gasteiger partial charge on any atom is -0.451 e. The Bertz CT molecular complexity index is 1010. The lowest BCUT2D eigenvalue weighted by molar-refractivity contribution is -0.0478. The van der Waals surface area contributed by atoms with Crippen LogP contribution >= 0.6 is 11.6 Å². The number of hydrogen-bond donors (Lipinski definition) is 2. The molecule has 1 aliphatic heterocycles. The number of halogens is 1. The SMILES string of the molecule is CC[C@H]1O[C@@H](n2cnc3c(N)nc(Cl)nc32)C(OC(=O)c2ccccc2)[C@H]1O. The summed E-state index contributed by atoms with van der Waals surface area (Å²) in [5.74, 6) is -0.441. The minimum atomic E-state index is -1.02. The molecule has 1 fully saturated rings. The van der Waals surface area contributed by atoms with Crippen LogP contribution in [0, 0.1) is 0 Å². The summed E-state index contributed by atoms with van der Waals surface area (Å²) in [6.07, 6.45) is -1.37. The normalized spacial score (nSPS) is 24.5. The molecule has 0 saturated carbocycles. The van der Waals surface area contributed by atoms with Crippen LogP contribution in [0.15, 0.2) is 36.7 Å². The summed E-state index contributed by atoms with van der Waals surface area (Å²) in [5, 5.41) is 10.6. The molecule has 3 aromatic rings. The van der Waals surface area contributed by atoms with Crippen LogP contribution in [-0.2, 0) is 9.47 Å². The topological polar surface area (TPSA) is 125 Å². The molecule has 3 heterocycles. The average molecular weight is 404 g/mol. The van der Waals surface area contributed by atoms with E-state index in [1.807, 2.05) is 6.92 Å². The Morgan fingerprint density at radius 3 is 2.82 bits per heavy atom. The lowest BCUT2D eigenvalue weighted by atomic mass is 10.1. The predicted molar refractivity (Wildman–Crippen MR) is 101 cm³/mol. The molecule has 1 aliphatic rings. The summed E-state index contributed by atoms with van der Waals surface area (Å²) in [6, 6.07) is 8.53. The summed E-state index contributed by atoms with van der Waals surface area (Å²) < 4.78 is 13.1. The molecule has 3 N–H and O–H groups in total. The van der Waals surface area contributed by atoms with E-state index in [-0.39, 0.29) is 11.1 Å². The highest BCUT2D eigenvalue weighted by Gasteiger charge is 2.47. The van der Waals surface area contributed by atoms with Gasteiger partial charge in [-0.1, -0.05) is 25.1 Å². The first-order valence-corrected chi connectivity index (χ1v) is 9.12. The van der Waals surface area contributed by atoms with Crippen molar-refractivity contribution < 1.29 is 19.4 Å². The number of ether oxygens (including phenoxy) is 2. The largest absolute Gasteiger partial charge is 0.451 e. The van der Waals surface area contributed by atoms with Gasteiger partial charge in [-0.25, -0.2) is 9.78 Å². The van der Waals surface area contributed by atoms with Gasteiger partial charge in [0.1, 0.15) is 11.6 Å². The van der Waals surface area contributed by atoms with Gasteiger partial charge in [0.25, 0.3) is 0 Å². The van der Waals surface area contributed by atoms with Crippen molar-refractivity contribution in [2.24, 2.45) is 0 Å². The molecule has 9 nitrogen and oxygen atoms in total. The smallest absolute Gasteiger partial charge is 0.338 e. The first-order chi connectivity index (χ1) is 13.5. The first kappa shape index (κ1) is 18.6. The molecular weight excluding hydrogens is 386 g/mol. The molecule has 2 aromatic heterocycles. The molecule has 146 valence electrons.